The minimum Gasteiger partial charge on any atom is -0.483 e. The molecule has 8 rings (SSSR count). The van der Waals surface area contributed by atoms with Gasteiger partial charge in [0, 0.05) is 21.7 Å². The molecular formula is C36H29O2P. The molecule has 190 valence electrons. The Labute approximate surface area is 229 Å². The summed E-state index contributed by atoms with van der Waals surface area (Å²) in [5, 5.41) is 3.28. The van der Waals surface area contributed by atoms with Crippen molar-refractivity contribution in [1.82, 2.24) is 0 Å². The summed E-state index contributed by atoms with van der Waals surface area (Å²) in [7, 11) is -3.26. The minimum atomic E-state index is -3.26. The summed E-state index contributed by atoms with van der Waals surface area (Å²) in [5.41, 5.74) is 6.79. The van der Waals surface area contributed by atoms with E-state index in [-0.39, 0.29) is 11.5 Å². The Kier molecular flexibility index (Phi) is 4.50. The van der Waals surface area contributed by atoms with Crippen molar-refractivity contribution in [3.8, 4) is 5.75 Å². The molecule has 0 saturated heterocycles. The topological polar surface area (TPSA) is 26.3 Å². The first-order chi connectivity index (χ1) is 18.8. The van der Waals surface area contributed by atoms with Crippen LogP contribution in [0, 0.1) is 0 Å². The van der Waals surface area contributed by atoms with E-state index < -0.39 is 12.3 Å². The summed E-state index contributed by atoms with van der Waals surface area (Å²) in [6.07, 6.45) is 1.91. The molecule has 0 amide bonds. The van der Waals surface area contributed by atoms with Gasteiger partial charge < -0.3 is 9.30 Å². The fourth-order valence-corrected chi connectivity index (χ4v) is 11.3. The second-order valence-corrected chi connectivity index (χ2v) is 15.0. The van der Waals surface area contributed by atoms with Gasteiger partial charge in [0.25, 0.3) is 0 Å². The number of ether oxygens (including phenoxy) is 1. The van der Waals surface area contributed by atoms with Gasteiger partial charge in [-0.1, -0.05) is 124 Å². The van der Waals surface area contributed by atoms with Crippen LogP contribution >= 0.6 is 7.14 Å². The maximum absolute atomic E-state index is 16.2. The molecule has 0 aromatic heterocycles. The average molecular weight is 525 g/mol. The van der Waals surface area contributed by atoms with Crippen LogP contribution in [0.15, 0.2) is 109 Å². The molecule has 5 aromatic rings. The Hall–Kier alpha value is -3.87. The first-order valence-electron chi connectivity index (χ1n) is 13.7. The molecule has 2 aliphatic heterocycles. The van der Waals surface area contributed by atoms with Gasteiger partial charge in [0.1, 0.15) is 17.0 Å². The van der Waals surface area contributed by atoms with Gasteiger partial charge in [-0.3, -0.25) is 0 Å². The molecule has 0 fully saturated rings. The first-order valence-corrected chi connectivity index (χ1v) is 15.4. The monoisotopic (exact) mass is 524 g/mol. The highest BCUT2D eigenvalue weighted by Gasteiger charge is 2.69. The highest BCUT2D eigenvalue weighted by atomic mass is 31.2. The summed E-state index contributed by atoms with van der Waals surface area (Å²) >= 11 is 0. The summed E-state index contributed by atoms with van der Waals surface area (Å²) in [6.45, 7) is 6.74. The van der Waals surface area contributed by atoms with Gasteiger partial charge in [0.2, 0.25) is 0 Å². The van der Waals surface area contributed by atoms with Gasteiger partial charge in [-0.2, -0.15) is 0 Å². The summed E-state index contributed by atoms with van der Waals surface area (Å²) in [6, 6.07) is 37.9. The van der Waals surface area contributed by atoms with E-state index in [1.807, 2.05) is 42.5 Å². The van der Waals surface area contributed by atoms with Crippen LogP contribution in [-0.4, -0.2) is 0 Å². The van der Waals surface area contributed by atoms with Crippen LogP contribution in [0.4, 0.5) is 0 Å². The standard InChI is InChI=1S/C36H29O2P/c1-35(2,3)25-18-19-27-23(21-25)17-20-31-33(27)30-22-24-11-7-9-15-29(24)36(30)34(38-31)28-14-8-10-16-32(28)39(36,37)26-12-5-4-6-13-26/h4-22,34H,1-3H3/t34-,36?,39?/m0/s1. The smallest absolute Gasteiger partial charge is 0.162 e. The third-order valence-electron chi connectivity index (χ3n) is 9.00. The molecule has 0 saturated carbocycles. The highest BCUT2D eigenvalue weighted by molar-refractivity contribution is 7.80. The van der Waals surface area contributed by atoms with E-state index in [1.165, 1.54) is 10.9 Å². The molecule has 2 heterocycles. The van der Waals surface area contributed by atoms with E-state index in [4.69, 9.17) is 4.74 Å². The van der Waals surface area contributed by atoms with Crippen molar-refractivity contribution in [2.45, 2.75) is 37.4 Å². The summed E-state index contributed by atoms with van der Waals surface area (Å²) in [4.78, 5) is 0. The molecule has 1 aliphatic carbocycles. The molecule has 0 N–H and O–H groups in total. The second kappa shape index (κ2) is 7.62. The zero-order chi connectivity index (χ0) is 26.6. The lowest BCUT2D eigenvalue weighted by Gasteiger charge is -2.44. The fraction of sp³-hybridized carbons (Fsp3) is 0.167. The van der Waals surface area contributed by atoms with Crippen molar-refractivity contribution < 1.29 is 9.30 Å². The molecule has 1 spiro atoms. The minimum absolute atomic E-state index is 0.0475. The molecule has 2 unspecified atom stereocenters. The molecule has 2 nitrogen and oxygen atoms in total. The van der Waals surface area contributed by atoms with Crippen molar-refractivity contribution in [3.63, 3.8) is 0 Å². The maximum atomic E-state index is 16.2. The average Bonchev–Trinajstić information content (AvgIpc) is 3.43. The van der Waals surface area contributed by atoms with Gasteiger partial charge in [0.05, 0.1) is 0 Å². The number of hydrogen-bond donors (Lipinski definition) is 0. The van der Waals surface area contributed by atoms with E-state index >= 15 is 4.57 Å². The maximum Gasteiger partial charge on any atom is 0.162 e. The van der Waals surface area contributed by atoms with Gasteiger partial charge >= 0.3 is 0 Å². The van der Waals surface area contributed by atoms with Crippen molar-refractivity contribution in [3.05, 3.63) is 137 Å². The Bertz CT molecular complexity index is 1910. The van der Waals surface area contributed by atoms with Gasteiger partial charge in [-0.25, -0.2) is 0 Å². The van der Waals surface area contributed by atoms with Crippen molar-refractivity contribution in [2.24, 2.45) is 0 Å². The van der Waals surface area contributed by atoms with Crippen LogP contribution in [0.2, 0.25) is 0 Å². The molecule has 0 radical (unpaired) electrons. The van der Waals surface area contributed by atoms with E-state index in [9.17, 15) is 0 Å². The first kappa shape index (κ1) is 23.1. The highest BCUT2D eigenvalue weighted by Crippen LogP contribution is 2.80. The molecular weight excluding hydrogens is 495 g/mol. The van der Waals surface area contributed by atoms with E-state index in [2.05, 4.69) is 93.6 Å². The third kappa shape index (κ3) is 2.75. The van der Waals surface area contributed by atoms with Crippen molar-refractivity contribution in [1.29, 1.82) is 0 Å². The molecule has 5 aromatic carbocycles. The number of fused-ring (bicyclic) bond motifs is 7. The van der Waals surface area contributed by atoms with Crippen LogP contribution in [-0.2, 0) is 15.1 Å². The van der Waals surface area contributed by atoms with Gasteiger partial charge in [-0.05, 0) is 50.6 Å². The van der Waals surface area contributed by atoms with Crippen LogP contribution in [0.1, 0.15) is 54.7 Å². The predicted octanol–water partition coefficient (Wildman–Crippen LogP) is 8.35. The van der Waals surface area contributed by atoms with Gasteiger partial charge in [-0.15, -0.1) is 0 Å². The van der Waals surface area contributed by atoms with E-state index in [0.29, 0.717) is 0 Å². The van der Waals surface area contributed by atoms with Crippen LogP contribution < -0.4 is 15.3 Å². The van der Waals surface area contributed by atoms with Crippen LogP contribution in [0.5, 0.6) is 5.75 Å². The Morgan fingerprint density at radius 1 is 0.795 bits per heavy atom. The van der Waals surface area contributed by atoms with E-state index in [0.717, 1.165) is 49.6 Å². The molecule has 3 heteroatoms. The molecule has 3 aliphatic rings. The summed E-state index contributed by atoms with van der Waals surface area (Å²) < 4.78 is 23.2. The van der Waals surface area contributed by atoms with E-state index in [1.54, 1.807) is 0 Å². The number of hydrogen-bond acceptors (Lipinski definition) is 2. The lowest BCUT2D eigenvalue weighted by atomic mass is 9.78. The Morgan fingerprint density at radius 3 is 2.36 bits per heavy atom. The van der Waals surface area contributed by atoms with Crippen molar-refractivity contribution >= 4 is 40.2 Å². The van der Waals surface area contributed by atoms with Crippen molar-refractivity contribution in [2.75, 3.05) is 0 Å². The zero-order valence-corrected chi connectivity index (χ0v) is 23.2. The van der Waals surface area contributed by atoms with Crippen LogP contribution in [0.3, 0.4) is 0 Å². The lowest BCUT2D eigenvalue weighted by Crippen LogP contribution is -2.38. The number of benzene rings is 5. The molecule has 0 bridgehead atoms. The normalized spacial score (nSPS) is 24.2. The number of rotatable bonds is 1. The largest absolute Gasteiger partial charge is 0.483 e. The third-order valence-corrected chi connectivity index (χ3v) is 12.8. The zero-order valence-electron chi connectivity index (χ0n) is 22.3. The summed E-state index contributed by atoms with van der Waals surface area (Å²) in [5.74, 6) is 0.863. The molecule has 3 atom stereocenters. The molecule has 39 heavy (non-hydrogen) atoms. The predicted molar refractivity (Wildman–Crippen MR) is 162 cm³/mol. The van der Waals surface area contributed by atoms with Gasteiger partial charge in [0.15, 0.2) is 7.14 Å². The second-order valence-electron chi connectivity index (χ2n) is 12.0. The van der Waals surface area contributed by atoms with Crippen LogP contribution in [0.25, 0.3) is 22.4 Å². The quantitative estimate of drug-likeness (QED) is 0.206. The lowest BCUT2D eigenvalue weighted by molar-refractivity contribution is 0.171. The Morgan fingerprint density at radius 2 is 1.54 bits per heavy atom. The fourth-order valence-electron chi connectivity index (χ4n) is 7.25. The SMILES string of the molecule is CC(C)(C)c1ccc2c3c(ccc2c1)O[C@H]1c2ccccc2P(=O)(c2ccccc2)C12C3=Cc1ccccc12. The Balaban J connectivity index is 1.52.